The molecule has 2 aliphatic rings. The lowest BCUT2D eigenvalue weighted by molar-refractivity contribution is 0.0102. The maximum Gasteiger partial charge on any atom is 0.490 e. The van der Waals surface area contributed by atoms with Gasteiger partial charge in [-0.05, 0) is 24.4 Å². The maximum atomic E-state index is 11.7. The summed E-state index contributed by atoms with van der Waals surface area (Å²) in [5.41, 5.74) is -0.885. The monoisotopic (exact) mass is 872 g/mol. The molecule has 10 atom stereocenters. The first-order valence-corrected chi connectivity index (χ1v) is 21.7. The van der Waals surface area contributed by atoms with Gasteiger partial charge in [-0.15, -0.1) is 23.5 Å². The molecule has 0 spiro atoms. The van der Waals surface area contributed by atoms with Crippen LogP contribution in [0.25, 0.3) is 0 Å². The number of phosphoric acid groups is 4. The van der Waals surface area contributed by atoms with Crippen molar-refractivity contribution in [3.63, 3.8) is 0 Å². The van der Waals surface area contributed by atoms with Crippen molar-refractivity contribution in [1.82, 2.24) is 19.1 Å². The van der Waals surface area contributed by atoms with E-state index in [1.165, 1.54) is 27.6 Å². The molecular formula is C18H28N4O20P4S4. The molecule has 0 saturated carbocycles. The van der Waals surface area contributed by atoms with Crippen LogP contribution in [0.4, 0.5) is 0 Å². The molecule has 4 rings (SSSR count). The Morgan fingerprint density at radius 2 is 1.04 bits per heavy atom. The Balaban J connectivity index is 0.000000284. The van der Waals surface area contributed by atoms with Crippen molar-refractivity contribution in [2.24, 2.45) is 0 Å². The van der Waals surface area contributed by atoms with Crippen LogP contribution in [0, 0.1) is 9.54 Å². The molecule has 2 saturated heterocycles. The normalized spacial score (nSPS) is 29.5. The van der Waals surface area contributed by atoms with Gasteiger partial charge in [-0.25, -0.2) is 18.3 Å². The second kappa shape index (κ2) is 17.2. The third-order valence-corrected chi connectivity index (χ3v) is 14.2. The second-order valence-corrected chi connectivity index (χ2v) is 19.0. The lowest BCUT2D eigenvalue weighted by atomic mass is 10.1. The fourth-order valence-corrected chi connectivity index (χ4v) is 11.3. The number of H-pyrrole nitrogens is 2. The van der Waals surface area contributed by atoms with E-state index >= 15 is 0 Å². The van der Waals surface area contributed by atoms with E-state index in [1.807, 2.05) is 0 Å². The Morgan fingerprint density at radius 3 is 1.40 bits per heavy atom. The number of aliphatic hydroxyl groups is 4. The van der Waals surface area contributed by atoms with Gasteiger partial charge in [-0.2, -0.15) is 8.62 Å². The highest BCUT2D eigenvalue weighted by molar-refractivity contribution is 8.00. The molecule has 2 fully saturated rings. The van der Waals surface area contributed by atoms with E-state index in [4.69, 9.17) is 48.9 Å². The molecule has 12 N–H and O–H groups in total. The third kappa shape index (κ3) is 12.7. The summed E-state index contributed by atoms with van der Waals surface area (Å²) in [6, 6.07) is 2.34. The van der Waals surface area contributed by atoms with Crippen LogP contribution in [-0.2, 0) is 35.9 Å². The van der Waals surface area contributed by atoms with Gasteiger partial charge in [0.25, 0.3) is 11.1 Å². The molecule has 0 amide bonds. The Morgan fingerprint density at radius 1 is 0.640 bits per heavy atom. The highest BCUT2D eigenvalue weighted by Crippen LogP contribution is 2.66. The van der Waals surface area contributed by atoms with Crippen LogP contribution < -0.4 is 11.1 Å². The predicted molar refractivity (Wildman–Crippen MR) is 174 cm³/mol. The number of thioether (sulfide) groups is 2. The zero-order chi connectivity index (χ0) is 38.0. The summed E-state index contributed by atoms with van der Waals surface area (Å²) < 4.78 is 62.9. The molecule has 0 aliphatic carbocycles. The van der Waals surface area contributed by atoms with Crippen molar-refractivity contribution in [3.8, 4) is 0 Å². The smallest absolute Gasteiger partial charge is 0.389 e. The van der Waals surface area contributed by atoms with Gasteiger partial charge in [0.05, 0.1) is 35.9 Å². The average Bonchev–Trinajstić information content (AvgIpc) is 3.38. The molecule has 2 aromatic heterocycles. The summed E-state index contributed by atoms with van der Waals surface area (Å²) in [4.78, 5) is 79.8. The van der Waals surface area contributed by atoms with Crippen molar-refractivity contribution in [2.45, 2.75) is 45.7 Å². The van der Waals surface area contributed by atoms with Crippen LogP contribution in [-0.4, -0.2) is 117 Å². The third-order valence-electron chi connectivity index (χ3n) is 6.15. The number of aromatic amines is 2. The van der Waals surface area contributed by atoms with Crippen molar-refractivity contribution < 1.29 is 85.7 Å². The summed E-state index contributed by atoms with van der Waals surface area (Å²) in [5, 5.41) is 36.8. The summed E-state index contributed by atoms with van der Waals surface area (Å²) >= 11 is 11.8. The van der Waals surface area contributed by atoms with Crippen LogP contribution in [0.5, 0.6) is 0 Å². The van der Waals surface area contributed by atoms with Crippen molar-refractivity contribution in [1.29, 1.82) is 0 Å². The highest BCUT2D eigenvalue weighted by Gasteiger charge is 2.47. The molecule has 2 aromatic rings. The summed E-state index contributed by atoms with van der Waals surface area (Å²) in [7, 11) is -21.2. The molecule has 284 valence electrons. The Bertz CT molecular complexity index is 1950. The van der Waals surface area contributed by atoms with Gasteiger partial charge in [0.15, 0.2) is 9.54 Å². The van der Waals surface area contributed by atoms with E-state index in [0.29, 0.717) is 0 Å². The molecule has 50 heavy (non-hydrogen) atoms. The maximum absolute atomic E-state index is 11.7. The Kier molecular flexibility index (Phi) is 15.0. The lowest BCUT2D eigenvalue weighted by Crippen LogP contribution is -2.33. The van der Waals surface area contributed by atoms with Crippen LogP contribution >= 0.6 is 79.3 Å². The van der Waals surface area contributed by atoms with Gasteiger partial charge in [0, 0.05) is 24.5 Å². The zero-order valence-corrected chi connectivity index (χ0v) is 31.1. The zero-order valence-electron chi connectivity index (χ0n) is 24.2. The number of hydrogen-bond acceptors (Lipinski definition) is 18. The minimum Gasteiger partial charge on any atom is -0.389 e. The summed E-state index contributed by atoms with van der Waals surface area (Å²) in [5.74, 6) is 0. The lowest BCUT2D eigenvalue weighted by Gasteiger charge is -2.19. The number of phosphoric ester groups is 2. The van der Waals surface area contributed by atoms with E-state index in [-0.39, 0.29) is 9.54 Å². The van der Waals surface area contributed by atoms with Crippen molar-refractivity contribution >= 4 is 79.3 Å². The first-order valence-electron chi connectivity index (χ1n) is 12.9. The molecule has 2 unspecified atom stereocenters. The van der Waals surface area contributed by atoms with E-state index in [9.17, 15) is 53.2 Å². The van der Waals surface area contributed by atoms with Gasteiger partial charge in [0.1, 0.15) is 23.0 Å². The van der Waals surface area contributed by atoms with Gasteiger partial charge in [0.2, 0.25) is 0 Å². The minimum absolute atomic E-state index is 0.0604. The first-order chi connectivity index (χ1) is 22.8. The van der Waals surface area contributed by atoms with Crippen molar-refractivity contribution in [2.75, 3.05) is 13.2 Å². The topological polar surface area (TPSA) is 383 Å². The van der Waals surface area contributed by atoms with Gasteiger partial charge < -0.3 is 58.9 Å². The molecule has 0 bridgehead atoms. The number of nitrogens with zero attached hydrogens (tertiary/aromatic N) is 2. The molecule has 4 heterocycles. The fraction of sp³-hybridized carbons (Fsp3) is 0.556. The van der Waals surface area contributed by atoms with E-state index in [1.54, 1.807) is 0 Å². The minimum atomic E-state index is -5.67. The standard InChI is InChI=1S/C9H15N2O13P3S2.C9H13N2O7PS2/c12-5-1-2-11(9(28)10-5)8-7(14)6(13)4(29-8)3-22-26(18,19)24-27(20,21)23-25(15,16)17;12-5-1-2-11(9(20)10-5)8-7(14)6(13)4(21-8)3-18-19(15,16)17/h1-2,4,6-8,13-14H,3H2,(H,18,19)(H,20,21)(H,10,12,28)(H2,15,16,17);1-2,4,6-8,13-14H,3H2,(H,10,12,20)(H2,15,16,17)/t2*4-,6-,7-,8-/m11/s1. The molecule has 2 aliphatic heterocycles. The second-order valence-electron chi connectivity index (χ2n) is 9.80. The van der Waals surface area contributed by atoms with Gasteiger partial charge in [-0.1, -0.05) is 0 Å². The number of rotatable bonds is 12. The largest absolute Gasteiger partial charge is 0.490 e. The average molecular weight is 873 g/mol. The first kappa shape index (κ1) is 43.7. The van der Waals surface area contributed by atoms with Crippen molar-refractivity contribution in [3.05, 3.63) is 54.8 Å². The van der Waals surface area contributed by atoms with Crippen LogP contribution in [0.2, 0.25) is 0 Å². The van der Waals surface area contributed by atoms with Gasteiger partial charge >= 0.3 is 31.3 Å². The summed E-state index contributed by atoms with van der Waals surface area (Å²) in [6.07, 6.45) is -2.78. The quantitative estimate of drug-likeness (QED) is 0.0893. The van der Waals surface area contributed by atoms with E-state index < -0.39 is 101 Å². The van der Waals surface area contributed by atoms with Crippen LogP contribution in [0.3, 0.4) is 0 Å². The molecular weight excluding hydrogens is 844 g/mol. The number of aliphatic hydroxyl groups excluding tert-OH is 4. The number of aromatic nitrogens is 4. The molecule has 32 heteroatoms. The number of hydrogen-bond donors (Lipinski definition) is 12. The van der Waals surface area contributed by atoms with Gasteiger partial charge in [-0.3, -0.25) is 28.6 Å². The predicted octanol–water partition coefficient (Wildman–Crippen LogP) is -1.06. The van der Waals surface area contributed by atoms with E-state index in [2.05, 4.69) is 27.6 Å². The summed E-state index contributed by atoms with van der Waals surface area (Å²) in [6.45, 7) is -1.22. The van der Waals surface area contributed by atoms with E-state index in [0.717, 1.165) is 29.6 Å². The Labute approximate surface area is 296 Å². The fourth-order valence-electron chi connectivity index (χ4n) is 4.09. The molecule has 24 nitrogen and oxygen atoms in total. The molecule has 0 radical (unpaired) electrons. The Hall–Kier alpha value is -0.740. The molecule has 0 aromatic carbocycles. The van der Waals surface area contributed by atoms with Crippen LogP contribution in [0.1, 0.15) is 10.7 Å². The highest BCUT2D eigenvalue weighted by atomic mass is 32.2. The van der Waals surface area contributed by atoms with Crippen LogP contribution in [0.15, 0.2) is 34.1 Å². The SMILES string of the molecule is O=c1ccn([C@@H]2S[C@H](COP(=O)(O)O)[C@@H](O)[C@H]2O)c(=S)[nH]1.O=c1ccn([C@@H]2S[C@H](COP(=O)(O)OP(=O)(O)OP(=O)(O)O)[C@@H](O)[C@H]2O)c(=S)[nH]1. The number of nitrogens with one attached hydrogen (secondary N) is 2.